The number of nitrogens with two attached hydrogens (primary N) is 2. The molecule has 0 spiro atoms. The third-order valence-electron chi connectivity index (χ3n) is 2.07. The highest BCUT2D eigenvalue weighted by Crippen LogP contribution is 2.31. The molecule has 0 unspecified atom stereocenters. The third kappa shape index (κ3) is 1.49. The van der Waals surface area contributed by atoms with Gasteiger partial charge < -0.3 is 21.7 Å². The number of aromatic hydroxyl groups is 1. The summed E-state index contributed by atoms with van der Waals surface area (Å²) in [5.74, 6) is -1.50. The maximum absolute atomic E-state index is 10.8. The lowest BCUT2D eigenvalue weighted by atomic mass is 9.92. The molecular weight excluding hydrogens is 184 g/mol. The number of carboxylic acid groups (broad SMARTS) is 1. The molecule has 0 aromatic heterocycles. The fourth-order valence-corrected chi connectivity index (χ4v) is 1.10. The van der Waals surface area contributed by atoms with Crippen molar-refractivity contribution in [1.29, 1.82) is 0 Å². The number of benzene rings is 1. The van der Waals surface area contributed by atoms with Crippen molar-refractivity contribution in [2.45, 2.75) is 12.5 Å². The van der Waals surface area contributed by atoms with E-state index in [9.17, 15) is 9.90 Å². The Hall–Kier alpha value is -1.75. The van der Waals surface area contributed by atoms with Gasteiger partial charge in [-0.25, -0.2) is 4.79 Å². The van der Waals surface area contributed by atoms with Gasteiger partial charge in [-0.1, -0.05) is 12.1 Å². The molecule has 0 radical (unpaired) electrons. The zero-order valence-corrected chi connectivity index (χ0v) is 7.69. The van der Waals surface area contributed by atoms with Crippen LogP contribution in [0.25, 0.3) is 0 Å². The van der Waals surface area contributed by atoms with Crippen LogP contribution in [0, 0.1) is 0 Å². The summed E-state index contributed by atoms with van der Waals surface area (Å²) in [7, 11) is 0. The van der Waals surface area contributed by atoms with E-state index in [2.05, 4.69) is 0 Å². The largest absolute Gasteiger partial charge is 0.505 e. The summed E-state index contributed by atoms with van der Waals surface area (Å²) in [4.78, 5) is 10.8. The van der Waals surface area contributed by atoms with E-state index in [0.717, 1.165) is 0 Å². The van der Waals surface area contributed by atoms with E-state index in [1.807, 2.05) is 0 Å². The number of para-hydroxylation sites is 1. The topological polar surface area (TPSA) is 110 Å². The van der Waals surface area contributed by atoms with E-state index in [1.165, 1.54) is 19.1 Å². The molecule has 0 aliphatic heterocycles. The van der Waals surface area contributed by atoms with Crippen molar-refractivity contribution in [3.63, 3.8) is 0 Å². The Morgan fingerprint density at radius 2 is 2.07 bits per heavy atom. The average Bonchev–Trinajstić information content (AvgIpc) is 2.09. The number of hydrogen-bond donors (Lipinski definition) is 4. The minimum absolute atomic E-state index is 0.102. The Morgan fingerprint density at radius 1 is 1.50 bits per heavy atom. The van der Waals surface area contributed by atoms with Crippen LogP contribution in [-0.2, 0) is 10.3 Å². The molecule has 76 valence electrons. The number of anilines is 1. The van der Waals surface area contributed by atoms with Gasteiger partial charge in [-0.3, -0.25) is 0 Å². The number of phenolic OH excluding ortho intramolecular Hbond substituents is 1. The van der Waals surface area contributed by atoms with Gasteiger partial charge in [0, 0.05) is 5.56 Å². The first-order chi connectivity index (χ1) is 6.37. The van der Waals surface area contributed by atoms with Gasteiger partial charge >= 0.3 is 5.97 Å². The van der Waals surface area contributed by atoms with Crippen LogP contribution in [0.1, 0.15) is 12.5 Å². The maximum atomic E-state index is 10.8. The summed E-state index contributed by atoms with van der Waals surface area (Å²) < 4.78 is 0. The van der Waals surface area contributed by atoms with Gasteiger partial charge in [-0.15, -0.1) is 0 Å². The molecule has 1 rings (SSSR count). The van der Waals surface area contributed by atoms with Crippen LogP contribution in [-0.4, -0.2) is 16.2 Å². The van der Waals surface area contributed by atoms with Gasteiger partial charge in [-0.05, 0) is 13.0 Å². The quantitative estimate of drug-likeness (QED) is 0.400. The van der Waals surface area contributed by atoms with Gasteiger partial charge in [0.25, 0.3) is 0 Å². The lowest BCUT2D eigenvalue weighted by Gasteiger charge is -2.21. The van der Waals surface area contributed by atoms with Crippen molar-refractivity contribution in [2.75, 3.05) is 5.73 Å². The molecule has 0 saturated carbocycles. The van der Waals surface area contributed by atoms with E-state index in [1.54, 1.807) is 6.07 Å². The van der Waals surface area contributed by atoms with Gasteiger partial charge in [0.05, 0.1) is 5.69 Å². The minimum Gasteiger partial charge on any atom is -0.505 e. The molecule has 0 bridgehead atoms. The van der Waals surface area contributed by atoms with E-state index in [0.29, 0.717) is 0 Å². The first kappa shape index (κ1) is 10.3. The van der Waals surface area contributed by atoms with E-state index in [-0.39, 0.29) is 17.0 Å². The van der Waals surface area contributed by atoms with Crippen molar-refractivity contribution in [3.8, 4) is 5.75 Å². The van der Waals surface area contributed by atoms with Crippen LogP contribution >= 0.6 is 0 Å². The predicted molar refractivity (Wildman–Crippen MR) is 51.7 cm³/mol. The van der Waals surface area contributed by atoms with Gasteiger partial charge in [0.2, 0.25) is 0 Å². The first-order valence-corrected chi connectivity index (χ1v) is 3.97. The Kier molecular flexibility index (Phi) is 2.35. The van der Waals surface area contributed by atoms with Crippen LogP contribution in [0.4, 0.5) is 5.69 Å². The van der Waals surface area contributed by atoms with Crippen molar-refractivity contribution in [1.82, 2.24) is 0 Å². The number of rotatable bonds is 2. The van der Waals surface area contributed by atoms with E-state index >= 15 is 0 Å². The monoisotopic (exact) mass is 196 g/mol. The van der Waals surface area contributed by atoms with Crippen molar-refractivity contribution in [2.24, 2.45) is 5.73 Å². The van der Waals surface area contributed by atoms with Crippen molar-refractivity contribution < 1.29 is 15.0 Å². The molecule has 0 amide bonds. The third-order valence-corrected chi connectivity index (χ3v) is 2.07. The number of hydrogen-bond acceptors (Lipinski definition) is 4. The second-order valence-electron chi connectivity index (χ2n) is 3.25. The Labute approximate surface area is 81.0 Å². The summed E-state index contributed by atoms with van der Waals surface area (Å²) in [5.41, 5.74) is 9.53. The summed E-state index contributed by atoms with van der Waals surface area (Å²) in [6, 6.07) is 4.44. The number of carboxylic acids is 1. The Morgan fingerprint density at radius 3 is 2.57 bits per heavy atom. The molecule has 0 aliphatic rings. The molecule has 5 nitrogen and oxygen atoms in total. The molecule has 6 N–H and O–H groups in total. The Balaban J connectivity index is 3.33. The number of carbonyl (C=O) groups is 1. The van der Waals surface area contributed by atoms with Gasteiger partial charge in [0.15, 0.2) is 0 Å². The number of nitrogen functional groups attached to an aromatic ring is 1. The zero-order chi connectivity index (χ0) is 10.9. The lowest BCUT2D eigenvalue weighted by molar-refractivity contribution is -0.143. The van der Waals surface area contributed by atoms with Crippen LogP contribution in [0.5, 0.6) is 5.75 Å². The highest BCUT2D eigenvalue weighted by atomic mass is 16.4. The molecule has 0 aliphatic carbocycles. The van der Waals surface area contributed by atoms with Crippen molar-refractivity contribution in [3.05, 3.63) is 23.8 Å². The zero-order valence-electron chi connectivity index (χ0n) is 7.69. The van der Waals surface area contributed by atoms with E-state index in [4.69, 9.17) is 16.6 Å². The normalized spacial score (nSPS) is 14.7. The summed E-state index contributed by atoms with van der Waals surface area (Å²) in [6.45, 7) is 1.30. The smallest absolute Gasteiger partial charge is 0.328 e. The van der Waals surface area contributed by atoms with Crippen LogP contribution < -0.4 is 11.5 Å². The average molecular weight is 196 g/mol. The van der Waals surface area contributed by atoms with Crippen LogP contribution in [0.15, 0.2) is 18.2 Å². The second kappa shape index (κ2) is 3.19. The molecular formula is C9H12N2O3. The molecule has 1 aromatic rings. The number of aliphatic carboxylic acids is 1. The Bertz CT molecular complexity index is 374. The first-order valence-electron chi connectivity index (χ1n) is 3.97. The molecule has 1 aromatic carbocycles. The number of phenols is 1. The van der Waals surface area contributed by atoms with Gasteiger partial charge in [0.1, 0.15) is 11.3 Å². The standard InChI is InChI=1S/C9H12N2O3/c1-9(11,8(13)14)5-3-2-4-6(10)7(5)12/h2-4,12H,10-11H2,1H3,(H,13,14)/t9-/m1/s1. The molecule has 0 heterocycles. The molecule has 1 atom stereocenters. The fraction of sp³-hybridized carbons (Fsp3) is 0.222. The SMILES string of the molecule is C[C@](N)(C(=O)O)c1cccc(N)c1O. The van der Waals surface area contributed by atoms with Crippen LogP contribution in [0.2, 0.25) is 0 Å². The lowest BCUT2D eigenvalue weighted by Crippen LogP contribution is -2.41. The second-order valence-corrected chi connectivity index (χ2v) is 3.25. The molecule has 0 saturated heterocycles. The highest BCUT2D eigenvalue weighted by Gasteiger charge is 2.33. The molecule has 14 heavy (non-hydrogen) atoms. The van der Waals surface area contributed by atoms with E-state index < -0.39 is 11.5 Å². The molecule has 5 heteroatoms. The van der Waals surface area contributed by atoms with Gasteiger partial charge in [-0.2, -0.15) is 0 Å². The maximum Gasteiger partial charge on any atom is 0.328 e. The summed E-state index contributed by atoms with van der Waals surface area (Å²) in [6.07, 6.45) is 0. The highest BCUT2D eigenvalue weighted by molar-refractivity contribution is 5.82. The molecule has 0 fully saturated rings. The van der Waals surface area contributed by atoms with Crippen molar-refractivity contribution >= 4 is 11.7 Å². The minimum atomic E-state index is -1.64. The fourth-order valence-electron chi connectivity index (χ4n) is 1.10. The summed E-state index contributed by atoms with van der Waals surface area (Å²) in [5, 5.41) is 18.3. The summed E-state index contributed by atoms with van der Waals surface area (Å²) >= 11 is 0. The predicted octanol–water partition coefficient (Wildman–Crippen LogP) is 0.233. The van der Waals surface area contributed by atoms with Crippen LogP contribution in [0.3, 0.4) is 0 Å².